The molecule has 0 fully saturated rings. The van der Waals surface area contributed by atoms with Crippen molar-refractivity contribution in [1.29, 1.82) is 0 Å². The number of hydrogen-bond acceptors (Lipinski definition) is 4. The predicted molar refractivity (Wildman–Crippen MR) is 78.4 cm³/mol. The second-order valence-electron chi connectivity index (χ2n) is 4.24. The number of carbonyl (C=O) groups is 1. The molecule has 2 rings (SSSR count). The molecule has 1 amide bonds. The van der Waals surface area contributed by atoms with Crippen molar-refractivity contribution in [3.63, 3.8) is 0 Å². The van der Waals surface area contributed by atoms with E-state index in [1.807, 2.05) is 0 Å². The van der Waals surface area contributed by atoms with Crippen molar-refractivity contribution in [3.8, 4) is 11.5 Å². The second-order valence-corrected chi connectivity index (χ2v) is 4.68. The fraction of sp³-hybridized carbons (Fsp3) is 0.0714. The molecule has 0 spiro atoms. The van der Waals surface area contributed by atoms with Gasteiger partial charge in [-0.05, 0) is 30.3 Å². The van der Waals surface area contributed by atoms with E-state index in [4.69, 9.17) is 17.3 Å². The predicted octanol–water partition coefficient (Wildman–Crippen LogP) is 2.61. The molecule has 6 heteroatoms. The Morgan fingerprint density at radius 3 is 2.65 bits per heavy atom. The number of hydrogen-bond donors (Lipinski definition) is 3. The van der Waals surface area contributed by atoms with Crippen LogP contribution in [0.1, 0.15) is 10.4 Å². The maximum atomic E-state index is 12.3. The van der Waals surface area contributed by atoms with Crippen LogP contribution in [0, 0.1) is 0 Å². The number of rotatable bonds is 2. The van der Waals surface area contributed by atoms with Gasteiger partial charge in [-0.15, -0.1) is 0 Å². The van der Waals surface area contributed by atoms with Gasteiger partial charge >= 0.3 is 0 Å². The molecule has 0 aromatic heterocycles. The zero-order valence-corrected chi connectivity index (χ0v) is 11.4. The fourth-order valence-corrected chi connectivity index (χ4v) is 1.97. The van der Waals surface area contributed by atoms with Gasteiger partial charge in [-0.3, -0.25) is 4.79 Å². The summed E-state index contributed by atoms with van der Waals surface area (Å²) in [7, 11) is 1.51. The summed E-state index contributed by atoms with van der Waals surface area (Å²) in [6.45, 7) is 0. The van der Waals surface area contributed by atoms with Crippen molar-refractivity contribution in [2.75, 3.05) is 17.7 Å². The van der Waals surface area contributed by atoms with Gasteiger partial charge in [-0.2, -0.15) is 0 Å². The topological polar surface area (TPSA) is 86.8 Å². The first kappa shape index (κ1) is 14.0. The molecule has 0 atom stereocenters. The molecular weight excluding hydrogens is 280 g/mol. The number of nitrogens with two attached hydrogens (primary N) is 1. The molecule has 0 heterocycles. The quantitative estimate of drug-likeness (QED) is 0.586. The monoisotopic (exact) mass is 292 g/mol. The van der Waals surface area contributed by atoms with Gasteiger partial charge in [-0.25, -0.2) is 0 Å². The number of carbonyl (C=O) groups excluding carboxylic acids is 1. The number of phenolic OH excluding ortho intramolecular Hbond substituents is 2. The van der Waals surface area contributed by atoms with Crippen LogP contribution in [-0.2, 0) is 0 Å². The van der Waals surface area contributed by atoms with Gasteiger partial charge in [0, 0.05) is 12.1 Å². The Morgan fingerprint density at radius 1 is 1.25 bits per heavy atom. The molecule has 0 saturated heterocycles. The lowest BCUT2D eigenvalue weighted by Crippen LogP contribution is -2.27. The number of halogens is 1. The van der Waals surface area contributed by atoms with Gasteiger partial charge in [0.05, 0.1) is 16.9 Å². The summed E-state index contributed by atoms with van der Waals surface area (Å²) in [5, 5.41) is 19.6. The molecular formula is C14H13ClN2O3. The Hall–Kier alpha value is -2.40. The van der Waals surface area contributed by atoms with Crippen LogP contribution in [0.4, 0.5) is 11.4 Å². The second kappa shape index (κ2) is 5.30. The molecule has 2 aromatic carbocycles. The first-order chi connectivity index (χ1) is 9.41. The first-order valence-electron chi connectivity index (χ1n) is 5.76. The van der Waals surface area contributed by atoms with E-state index in [0.29, 0.717) is 16.4 Å². The maximum Gasteiger partial charge on any atom is 0.261 e. The van der Waals surface area contributed by atoms with Crippen LogP contribution in [0.25, 0.3) is 0 Å². The Balaban J connectivity index is 2.43. The van der Waals surface area contributed by atoms with E-state index >= 15 is 0 Å². The summed E-state index contributed by atoms with van der Waals surface area (Å²) in [6.07, 6.45) is 0. The largest absolute Gasteiger partial charge is 0.504 e. The Labute approximate surface area is 120 Å². The minimum Gasteiger partial charge on any atom is -0.504 e. The van der Waals surface area contributed by atoms with Crippen LogP contribution in [0.15, 0.2) is 36.4 Å². The van der Waals surface area contributed by atoms with Gasteiger partial charge in [-0.1, -0.05) is 17.7 Å². The third kappa shape index (κ3) is 2.48. The molecule has 0 bridgehead atoms. The van der Waals surface area contributed by atoms with Crippen LogP contribution in [0.5, 0.6) is 11.5 Å². The fourth-order valence-electron chi connectivity index (χ4n) is 1.80. The number of phenols is 2. The summed E-state index contributed by atoms with van der Waals surface area (Å²) in [5.41, 5.74) is 6.59. The molecule has 4 N–H and O–H groups in total. The lowest BCUT2D eigenvalue weighted by molar-refractivity contribution is 0.0990. The smallest absolute Gasteiger partial charge is 0.261 e. The van der Waals surface area contributed by atoms with E-state index in [1.54, 1.807) is 18.2 Å². The molecule has 104 valence electrons. The van der Waals surface area contributed by atoms with Gasteiger partial charge < -0.3 is 20.8 Å². The number of amides is 1. The highest BCUT2D eigenvalue weighted by Crippen LogP contribution is 2.32. The maximum absolute atomic E-state index is 12.3. The molecule has 0 aliphatic carbocycles. The van der Waals surface area contributed by atoms with Crippen LogP contribution in [0.2, 0.25) is 5.02 Å². The van der Waals surface area contributed by atoms with Crippen molar-refractivity contribution in [1.82, 2.24) is 0 Å². The highest BCUT2D eigenvalue weighted by atomic mass is 35.5. The highest BCUT2D eigenvalue weighted by Gasteiger charge is 2.20. The highest BCUT2D eigenvalue weighted by molar-refractivity contribution is 6.31. The number of anilines is 2. The molecule has 5 nitrogen and oxygen atoms in total. The van der Waals surface area contributed by atoms with Crippen molar-refractivity contribution in [2.24, 2.45) is 0 Å². The molecule has 0 saturated carbocycles. The molecule has 20 heavy (non-hydrogen) atoms. The van der Waals surface area contributed by atoms with Gasteiger partial charge in [0.25, 0.3) is 5.91 Å². The van der Waals surface area contributed by atoms with E-state index in [2.05, 4.69) is 0 Å². The van der Waals surface area contributed by atoms with E-state index in [1.165, 1.54) is 30.1 Å². The Morgan fingerprint density at radius 2 is 1.95 bits per heavy atom. The van der Waals surface area contributed by atoms with Crippen molar-refractivity contribution in [2.45, 2.75) is 0 Å². The van der Waals surface area contributed by atoms with Gasteiger partial charge in [0.15, 0.2) is 11.5 Å². The normalized spacial score (nSPS) is 10.3. The lowest BCUT2D eigenvalue weighted by atomic mass is 10.1. The summed E-state index contributed by atoms with van der Waals surface area (Å²) in [5.74, 6) is -1.33. The van der Waals surface area contributed by atoms with Crippen LogP contribution in [0.3, 0.4) is 0 Å². The number of nitrogens with zero attached hydrogens (tertiary/aromatic N) is 1. The van der Waals surface area contributed by atoms with Gasteiger partial charge in [0.1, 0.15) is 0 Å². The van der Waals surface area contributed by atoms with Gasteiger partial charge in [0.2, 0.25) is 0 Å². The standard InChI is InChI=1S/C14H13ClN2O3/c1-17(11-7-8(15)5-6-10(11)16)14(20)9-3-2-4-12(18)13(9)19/h2-7,18-19H,16H2,1H3. The van der Waals surface area contributed by atoms with Crippen molar-refractivity contribution < 1.29 is 15.0 Å². The summed E-state index contributed by atoms with van der Waals surface area (Å²) >= 11 is 5.89. The average Bonchev–Trinajstić information content (AvgIpc) is 2.43. The first-order valence-corrected chi connectivity index (χ1v) is 6.13. The summed E-state index contributed by atoms with van der Waals surface area (Å²) < 4.78 is 0. The van der Waals surface area contributed by atoms with E-state index in [-0.39, 0.29) is 11.3 Å². The van der Waals surface area contributed by atoms with E-state index < -0.39 is 11.7 Å². The Kier molecular flexibility index (Phi) is 3.72. The van der Waals surface area contributed by atoms with Crippen LogP contribution < -0.4 is 10.6 Å². The summed E-state index contributed by atoms with van der Waals surface area (Å²) in [6, 6.07) is 8.93. The van der Waals surface area contributed by atoms with Crippen molar-refractivity contribution >= 4 is 28.9 Å². The Bertz CT molecular complexity index is 673. The molecule has 0 radical (unpaired) electrons. The van der Waals surface area contributed by atoms with Crippen LogP contribution >= 0.6 is 11.6 Å². The summed E-state index contributed by atoms with van der Waals surface area (Å²) in [4.78, 5) is 13.6. The van der Waals surface area contributed by atoms with E-state index in [0.717, 1.165) is 0 Å². The van der Waals surface area contributed by atoms with Crippen LogP contribution in [-0.4, -0.2) is 23.2 Å². The molecule has 0 aliphatic rings. The molecule has 2 aromatic rings. The zero-order valence-electron chi connectivity index (χ0n) is 10.7. The zero-order chi connectivity index (χ0) is 14.9. The minimum absolute atomic E-state index is 0.0214. The number of para-hydroxylation sites is 1. The van der Waals surface area contributed by atoms with Crippen molar-refractivity contribution in [3.05, 3.63) is 47.0 Å². The molecule has 0 aliphatic heterocycles. The third-order valence-electron chi connectivity index (χ3n) is 2.90. The number of benzene rings is 2. The molecule has 0 unspecified atom stereocenters. The average molecular weight is 293 g/mol. The van der Waals surface area contributed by atoms with E-state index in [9.17, 15) is 15.0 Å². The minimum atomic E-state index is -0.507. The SMILES string of the molecule is CN(C(=O)c1cccc(O)c1O)c1cc(Cl)ccc1N. The third-order valence-corrected chi connectivity index (χ3v) is 3.14. The lowest BCUT2D eigenvalue weighted by Gasteiger charge is -2.20. The number of nitrogen functional groups attached to an aromatic ring is 1. The number of aromatic hydroxyl groups is 2.